The van der Waals surface area contributed by atoms with Crippen LogP contribution < -0.4 is 0 Å². The molecule has 0 N–H and O–H groups in total. The molecule has 0 aliphatic carbocycles. The Balaban J connectivity index is 3.85. The molecule has 1 unspecified atom stereocenters. The van der Waals surface area contributed by atoms with Gasteiger partial charge in [0, 0.05) is 0 Å². The van der Waals surface area contributed by atoms with Gasteiger partial charge in [0.2, 0.25) is 0 Å². The lowest BCUT2D eigenvalue weighted by Gasteiger charge is -2.18. The molecule has 0 aliphatic rings. The Morgan fingerprint density at radius 1 is 1.47 bits per heavy atom. The minimum absolute atomic E-state index is 0.148. The lowest BCUT2D eigenvalue weighted by atomic mass is 9.87. The molecule has 86 valence electrons. The number of carbonyl (C=O) groups excluding carboxylic acids is 1. The van der Waals surface area contributed by atoms with Crippen LogP contribution in [0, 0.1) is 5.41 Å². The molecule has 1 atom stereocenters. The van der Waals surface area contributed by atoms with Gasteiger partial charge in [0.15, 0.2) is 0 Å². The maximum atomic E-state index is 10.0. The van der Waals surface area contributed by atoms with Crippen LogP contribution in [0.2, 0.25) is 0 Å². The smallest absolute Gasteiger partial charge is 0.293 e. The van der Waals surface area contributed by atoms with Gasteiger partial charge in [-0.25, -0.2) is 0 Å². The second-order valence-corrected chi connectivity index (χ2v) is 5.06. The van der Waals surface area contributed by atoms with Crippen molar-refractivity contribution >= 4 is 6.47 Å². The summed E-state index contributed by atoms with van der Waals surface area (Å²) in [4.78, 5) is 10.0. The number of allylic oxidation sites excluding steroid dienone is 2. The number of hydrogen-bond donors (Lipinski definition) is 0. The molecule has 0 saturated carbocycles. The number of carbonyl (C=O) groups is 1. The SMILES string of the molecule is C=C(CC=CC(C)OC=O)CC(C)(C)C. The van der Waals surface area contributed by atoms with Crippen molar-refractivity contribution in [3.8, 4) is 0 Å². The largest absolute Gasteiger partial charge is 0.461 e. The highest BCUT2D eigenvalue weighted by Crippen LogP contribution is 2.24. The molecule has 0 amide bonds. The molecule has 0 fully saturated rings. The third-order valence-electron chi connectivity index (χ3n) is 1.86. The summed E-state index contributed by atoms with van der Waals surface area (Å²) in [6.07, 6.45) is 5.60. The molecule has 2 nitrogen and oxygen atoms in total. The highest BCUT2D eigenvalue weighted by molar-refractivity contribution is 5.37. The average molecular weight is 210 g/mol. The van der Waals surface area contributed by atoms with Crippen LogP contribution in [0.4, 0.5) is 0 Å². The number of hydrogen-bond acceptors (Lipinski definition) is 2. The number of ether oxygens (including phenoxy) is 1. The summed E-state index contributed by atoms with van der Waals surface area (Å²) >= 11 is 0. The van der Waals surface area contributed by atoms with Crippen LogP contribution >= 0.6 is 0 Å². The molecular formula is C13H22O2. The van der Waals surface area contributed by atoms with Crippen molar-refractivity contribution < 1.29 is 9.53 Å². The molecule has 0 bridgehead atoms. The summed E-state index contributed by atoms with van der Waals surface area (Å²) in [6, 6.07) is 0. The van der Waals surface area contributed by atoms with Crippen molar-refractivity contribution in [2.45, 2.75) is 46.6 Å². The predicted octanol–water partition coefficient (Wildman–Crippen LogP) is 3.49. The summed E-state index contributed by atoms with van der Waals surface area (Å²) in [5, 5.41) is 0. The second-order valence-electron chi connectivity index (χ2n) is 5.06. The molecule has 15 heavy (non-hydrogen) atoms. The fourth-order valence-electron chi connectivity index (χ4n) is 1.38. The molecular weight excluding hydrogens is 188 g/mol. The Labute approximate surface area is 93.0 Å². The van der Waals surface area contributed by atoms with Crippen molar-refractivity contribution in [2.75, 3.05) is 0 Å². The Hall–Kier alpha value is -1.05. The van der Waals surface area contributed by atoms with Crippen molar-refractivity contribution in [3.63, 3.8) is 0 Å². The quantitative estimate of drug-likeness (QED) is 0.495. The summed E-state index contributed by atoms with van der Waals surface area (Å²) < 4.78 is 4.73. The predicted molar refractivity (Wildman–Crippen MR) is 63.6 cm³/mol. The van der Waals surface area contributed by atoms with E-state index in [0.29, 0.717) is 6.47 Å². The fraction of sp³-hybridized carbons (Fsp3) is 0.615. The Morgan fingerprint density at radius 2 is 2.07 bits per heavy atom. The van der Waals surface area contributed by atoms with Gasteiger partial charge in [-0.2, -0.15) is 0 Å². The molecule has 0 heterocycles. The maximum Gasteiger partial charge on any atom is 0.293 e. The van der Waals surface area contributed by atoms with Crippen LogP contribution in [0.5, 0.6) is 0 Å². The van der Waals surface area contributed by atoms with Crippen LogP contribution in [-0.4, -0.2) is 12.6 Å². The highest BCUT2D eigenvalue weighted by Gasteiger charge is 2.10. The third kappa shape index (κ3) is 9.26. The summed E-state index contributed by atoms with van der Waals surface area (Å²) in [5.41, 5.74) is 1.49. The Bertz CT molecular complexity index is 233. The van der Waals surface area contributed by atoms with E-state index in [0.717, 1.165) is 12.8 Å². The van der Waals surface area contributed by atoms with E-state index < -0.39 is 0 Å². The van der Waals surface area contributed by atoms with Crippen molar-refractivity contribution in [1.29, 1.82) is 0 Å². The number of rotatable bonds is 6. The van der Waals surface area contributed by atoms with Crippen LogP contribution in [0.25, 0.3) is 0 Å². The monoisotopic (exact) mass is 210 g/mol. The molecule has 2 heteroatoms. The summed E-state index contributed by atoms with van der Waals surface area (Å²) in [5.74, 6) is 0. The van der Waals surface area contributed by atoms with Gasteiger partial charge in [-0.3, -0.25) is 4.79 Å². The first-order valence-electron chi connectivity index (χ1n) is 5.27. The standard InChI is InChI=1S/C13H22O2/c1-11(9-13(3,4)5)7-6-8-12(2)15-10-14/h6,8,10,12H,1,7,9H2,2-5H3. The van der Waals surface area contributed by atoms with Gasteiger partial charge in [0.05, 0.1) is 0 Å². The Morgan fingerprint density at radius 3 is 2.53 bits per heavy atom. The Kier molecular flexibility index (Phi) is 5.99. The average Bonchev–Trinajstić information content (AvgIpc) is 2.00. The molecule has 0 aliphatic heterocycles. The zero-order valence-corrected chi connectivity index (χ0v) is 10.2. The van der Waals surface area contributed by atoms with E-state index in [1.54, 1.807) is 0 Å². The van der Waals surface area contributed by atoms with Crippen LogP contribution in [0.15, 0.2) is 24.3 Å². The van der Waals surface area contributed by atoms with Crippen LogP contribution in [0.1, 0.15) is 40.5 Å². The normalized spacial score (nSPS) is 13.9. The van der Waals surface area contributed by atoms with Gasteiger partial charge >= 0.3 is 0 Å². The van der Waals surface area contributed by atoms with E-state index in [4.69, 9.17) is 4.74 Å². The van der Waals surface area contributed by atoms with Gasteiger partial charge in [-0.1, -0.05) is 39.0 Å². The molecule has 0 aromatic rings. The molecule has 0 saturated heterocycles. The zero-order chi connectivity index (χ0) is 11.9. The lowest BCUT2D eigenvalue weighted by molar-refractivity contribution is -0.130. The third-order valence-corrected chi connectivity index (χ3v) is 1.86. The van der Waals surface area contributed by atoms with Gasteiger partial charge in [0.25, 0.3) is 6.47 Å². The van der Waals surface area contributed by atoms with E-state index >= 15 is 0 Å². The van der Waals surface area contributed by atoms with E-state index in [9.17, 15) is 4.79 Å². The summed E-state index contributed by atoms with van der Waals surface area (Å²) in [7, 11) is 0. The van der Waals surface area contributed by atoms with E-state index in [-0.39, 0.29) is 11.5 Å². The molecule has 0 radical (unpaired) electrons. The van der Waals surface area contributed by atoms with Crippen LogP contribution in [0.3, 0.4) is 0 Å². The highest BCUT2D eigenvalue weighted by atomic mass is 16.5. The van der Waals surface area contributed by atoms with Gasteiger partial charge in [-0.15, -0.1) is 0 Å². The second kappa shape index (κ2) is 6.44. The lowest BCUT2D eigenvalue weighted by Crippen LogP contribution is -2.05. The first kappa shape index (κ1) is 13.9. The topological polar surface area (TPSA) is 26.3 Å². The maximum absolute atomic E-state index is 10.0. The van der Waals surface area contributed by atoms with Gasteiger partial charge in [0.1, 0.15) is 6.10 Å². The van der Waals surface area contributed by atoms with E-state index in [2.05, 4.69) is 27.4 Å². The first-order chi connectivity index (χ1) is 6.85. The molecule has 0 aromatic heterocycles. The minimum Gasteiger partial charge on any atom is -0.461 e. The molecule has 0 spiro atoms. The minimum atomic E-state index is -0.148. The zero-order valence-electron chi connectivity index (χ0n) is 10.2. The van der Waals surface area contributed by atoms with Crippen LogP contribution in [-0.2, 0) is 9.53 Å². The molecule has 0 rings (SSSR count). The van der Waals surface area contributed by atoms with Gasteiger partial charge < -0.3 is 4.74 Å². The van der Waals surface area contributed by atoms with Gasteiger partial charge in [-0.05, 0) is 31.3 Å². The van der Waals surface area contributed by atoms with Crippen molar-refractivity contribution in [2.24, 2.45) is 5.41 Å². The fourth-order valence-corrected chi connectivity index (χ4v) is 1.38. The molecule has 0 aromatic carbocycles. The van der Waals surface area contributed by atoms with E-state index in [1.807, 2.05) is 19.1 Å². The summed E-state index contributed by atoms with van der Waals surface area (Å²) in [6.45, 7) is 12.9. The van der Waals surface area contributed by atoms with Crippen molar-refractivity contribution in [1.82, 2.24) is 0 Å². The first-order valence-corrected chi connectivity index (χ1v) is 5.27. The van der Waals surface area contributed by atoms with Crippen molar-refractivity contribution in [3.05, 3.63) is 24.3 Å². The van der Waals surface area contributed by atoms with E-state index in [1.165, 1.54) is 5.57 Å².